The second kappa shape index (κ2) is 12.1. The summed E-state index contributed by atoms with van der Waals surface area (Å²) >= 11 is 1.52. The molecule has 7 nitrogen and oxygen atoms in total. The van der Waals surface area contributed by atoms with E-state index in [0.29, 0.717) is 5.92 Å². The number of hydrogen-bond donors (Lipinski definition) is 1. The molecule has 2 saturated heterocycles. The Morgan fingerprint density at radius 3 is 2.46 bits per heavy atom. The Hall–Kier alpha value is -0.680. The zero-order valence-electron chi connectivity index (χ0n) is 17.6. The molecular weight excluding hydrogens is 485 g/mol. The first kappa shape index (κ1) is 23.6. The second-order valence-electron chi connectivity index (χ2n) is 7.72. The van der Waals surface area contributed by atoms with Crippen molar-refractivity contribution in [3.8, 4) is 0 Å². The first-order valence-electron chi connectivity index (χ1n) is 10.4. The first-order valence-corrected chi connectivity index (χ1v) is 11.2. The van der Waals surface area contributed by atoms with E-state index in [1.807, 2.05) is 7.05 Å². The molecule has 0 amide bonds. The van der Waals surface area contributed by atoms with Gasteiger partial charge < -0.3 is 20.0 Å². The predicted octanol–water partition coefficient (Wildman–Crippen LogP) is 2.54. The molecule has 1 aromatic heterocycles. The van der Waals surface area contributed by atoms with Gasteiger partial charge in [-0.2, -0.15) is 4.37 Å². The maximum atomic E-state index is 4.62. The van der Waals surface area contributed by atoms with Crippen LogP contribution in [0.4, 0.5) is 5.13 Å². The molecule has 2 fully saturated rings. The van der Waals surface area contributed by atoms with Crippen LogP contribution in [0.25, 0.3) is 0 Å². The van der Waals surface area contributed by atoms with E-state index in [-0.39, 0.29) is 24.0 Å². The van der Waals surface area contributed by atoms with Crippen LogP contribution in [0.15, 0.2) is 4.99 Å². The highest BCUT2D eigenvalue weighted by Gasteiger charge is 2.22. The van der Waals surface area contributed by atoms with E-state index in [2.05, 4.69) is 48.2 Å². The van der Waals surface area contributed by atoms with E-state index in [4.69, 9.17) is 0 Å². The summed E-state index contributed by atoms with van der Waals surface area (Å²) in [6.45, 7) is 13.1. The monoisotopic (exact) mass is 521 g/mol. The molecule has 0 aromatic carbocycles. The number of piperidine rings is 1. The molecular formula is C19H36IN7S. The Bertz CT molecular complexity index is 595. The lowest BCUT2D eigenvalue weighted by Crippen LogP contribution is -2.53. The summed E-state index contributed by atoms with van der Waals surface area (Å²) < 4.78 is 4.41. The van der Waals surface area contributed by atoms with Gasteiger partial charge in [0.1, 0.15) is 5.82 Å². The molecule has 0 bridgehead atoms. The lowest BCUT2D eigenvalue weighted by atomic mass is 10.1. The molecule has 1 unspecified atom stereocenters. The van der Waals surface area contributed by atoms with Crippen molar-refractivity contribution in [1.29, 1.82) is 0 Å². The molecule has 1 atom stereocenters. The normalized spacial score (nSPS) is 20.0. The highest BCUT2D eigenvalue weighted by molar-refractivity contribution is 14.0. The van der Waals surface area contributed by atoms with Gasteiger partial charge in [-0.25, -0.2) is 4.98 Å². The Kier molecular flexibility index (Phi) is 10.2. The van der Waals surface area contributed by atoms with Crippen LogP contribution in [0.3, 0.4) is 0 Å². The van der Waals surface area contributed by atoms with Crippen LogP contribution in [0.5, 0.6) is 0 Å². The van der Waals surface area contributed by atoms with Crippen molar-refractivity contribution in [3.63, 3.8) is 0 Å². The first-order chi connectivity index (χ1) is 13.2. The molecule has 1 N–H and O–H groups in total. The van der Waals surface area contributed by atoms with Crippen molar-refractivity contribution < 1.29 is 0 Å². The number of rotatable bonds is 6. The number of hydrogen-bond acceptors (Lipinski definition) is 6. The second-order valence-corrected chi connectivity index (χ2v) is 8.45. The van der Waals surface area contributed by atoms with Crippen molar-refractivity contribution in [1.82, 2.24) is 24.5 Å². The van der Waals surface area contributed by atoms with E-state index in [1.165, 1.54) is 50.4 Å². The van der Waals surface area contributed by atoms with E-state index in [0.717, 1.165) is 56.1 Å². The Morgan fingerprint density at radius 1 is 1.14 bits per heavy atom. The lowest BCUT2D eigenvalue weighted by molar-refractivity contribution is 0.200. The number of halogens is 1. The zero-order valence-corrected chi connectivity index (χ0v) is 20.7. The van der Waals surface area contributed by atoms with Crippen molar-refractivity contribution in [3.05, 3.63) is 5.82 Å². The van der Waals surface area contributed by atoms with Gasteiger partial charge in [0.05, 0.1) is 0 Å². The van der Waals surface area contributed by atoms with Gasteiger partial charge in [0.2, 0.25) is 5.13 Å². The number of anilines is 1. The van der Waals surface area contributed by atoms with Crippen LogP contribution in [-0.2, 0) is 6.42 Å². The summed E-state index contributed by atoms with van der Waals surface area (Å²) in [4.78, 5) is 16.5. The number of guanidine groups is 1. The number of aliphatic imine (C=N–C) groups is 1. The average Bonchev–Trinajstić information content (AvgIpc) is 3.19. The molecule has 2 aliphatic rings. The summed E-state index contributed by atoms with van der Waals surface area (Å²) in [6, 6.07) is 0. The summed E-state index contributed by atoms with van der Waals surface area (Å²) in [5.41, 5.74) is 0. The van der Waals surface area contributed by atoms with Gasteiger partial charge in [0, 0.05) is 64.3 Å². The number of nitrogens with one attached hydrogen (secondary N) is 1. The predicted molar refractivity (Wildman–Crippen MR) is 129 cm³/mol. The van der Waals surface area contributed by atoms with Gasteiger partial charge in [-0.05, 0) is 31.8 Å². The molecule has 0 radical (unpaired) electrons. The number of nitrogens with zero attached hydrogens (tertiary/aromatic N) is 6. The molecule has 160 valence electrons. The fourth-order valence-electron chi connectivity index (χ4n) is 3.87. The van der Waals surface area contributed by atoms with Crippen LogP contribution in [-0.4, -0.2) is 84.5 Å². The number of likely N-dealkylation sites (tertiary alicyclic amines) is 1. The number of piperazine rings is 1. The molecule has 1 aromatic rings. The molecule has 0 saturated carbocycles. The molecule has 9 heteroatoms. The quantitative estimate of drug-likeness (QED) is 0.353. The Morgan fingerprint density at radius 2 is 1.86 bits per heavy atom. The SMILES string of the molecule is CCc1nsc(N2CCN(C(=NC)NCC(C)CN3CCCCC3)CC2)n1.I. The molecule has 28 heavy (non-hydrogen) atoms. The van der Waals surface area contributed by atoms with Gasteiger partial charge in [-0.15, -0.1) is 24.0 Å². The maximum absolute atomic E-state index is 4.62. The molecule has 3 rings (SSSR count). The van der Waals surface area contributed by atoms with Gasteiger partial charge in [0.15, 0.2) is 5.96 Å². The minimum absolute atomic E-state index is 0. The minimum atomic E-state index is 0. The smallest absolute Gasteiger partial charge is 0.205 e. The molecule has 3 heterocycles. The summed E-state index contributed by atoms with van der Waals surface area (Å²) in [7, 11) is 1.89. The highest BCUT2D eigenvalue weighted by Crippen LogP contribution is 2.19. The third-order valence-electron chi connectivity index (χ3n) is 5.46. The fourth-order valence-corrected chi connectivity index (χ4v) is 4.67. The van der Waals surface area contributed by atoms with Crippen molar-refractivity contribution in [2.24, 2.45) is 10.9 Å². The average molecular weight is 522 g/mol. The van der Waals surface area contributed by atoms with Crippen LogP contribution < -0.4 is 10.2 Å². The van der Waals surface area contributed by atoms with E-state index < -0.39 is 0 Å². The van der Waals surface area contributed by atoms with Gasteiger partial charge in [-0.1, -0.05) is 20.3 Å². The number of aromatic nitrogens is 2. The molecule has 2 aliphatic heterocycles. The van der Waals surface area contributed by atoms with Crippen LogP contribution in [0, 0.1) is 5.92 Å². The van der Waals surface area contributed by atoms with Crippen LogP contribution >= 0.6 is 35.5 Å². The lowest BCUT2D eigenvalue weighted by Gasteiger charge is -2.36. The molecule has 0 aliphatic carbocycles. The summed E-state index contributed by atoms with van der Waals surface area (Å²) in [5.74, 6) is 2.62. The third-order valence-corrected chi connectivity index (χ3v) is 6.28. The largest absolute Gasteiger partial charge is 0.356 e. The van der Waals surface area contributed by atoms with Crippen molar-refractivity contribution in [2.75, 3.05) is 64.3 Å². The highest BCUT2D eigenvalue weighted by atomic mass is 127. The Balaban J connectivity index is 0.00000280. The minimum Gasteiger partial charge on any atom is -0.356 e. The van der Waals surface area contributed by atoms with E-state index in [9.17, 15) is 0 Å². The third kappa shape index (κ3) is 6.69. The summed E-state index contributed by atoms with van der Waals surface area (Å²) in [5, 5.41) is 4.66. The standard InChI is InChI=1S/C19H35N7S.HI/c1-4-17-22-19(27-23-17)26-12-10-25(11-13-26)18(20-3)21-14-16(2)15-24-8-6-5-7-9-24;/h16H,4-15H2,1-3H3,(H,20,21);1H. The fraction of sp³-hybridized carbons (Fsp3) is 0.842. The van der Waals surface area contributed by atoms with Gasteiger partial charge in [0.25, 0.3) is 0 Å². The van der Waals surface area contributed by atoms with Crippen LogP contribution in [0.1, 0.15) is 38.9 Å². The van der Waals surface area contributed by atoms with Gasteiger partial charge >= 0.3 is 0 Å². The Labute approximate surface area is 191 Å². The summed E-state index contributed by atoms with van der Waals surface area (Å²) in [6.07, 6.45) is 5.03. The van der Waals surface area contributed by atoms with Gasteiger partial charge in [-0.3, -0.25) is 4.99 Å². The van der Waals surface area contributed by atoms with E-state index in [1.54, 1.807) is 0 Å². The van der Waals surface area contributed by atoms with Crippen LogP contribution in [0.2, 0.25) is 0 Å². The zero-order chi connectivity index (χ0) is 19.1. The van der Waals surface area contributed by atoms with Crippen molar-refractivity contribution >= 4 is 46.6 Å². The van der Waals surface area contributed by atoms with Crippen molar-refractivity contribution in [2.45, 2.75) is 39.5 Å². The van der Waals surface area contributed by atoms with E-state index >= 15 is 0 Å². The topological polar surface area (TPSA) is 59.9 Å². The molecule has 0 spiro atoms. The maximum Gasteiger partial charge on any atom is 0.205 e. The number of aryl methyl sites for hydroxylation is 1.